The summed E-state index contributed by atoms with van der Waals surface area (Å²) in [6, 6.07) is 0. The second kappa shape index (κ2) is 11.2. The zero-order valence-corrected chi connectivity index (χ0v) is 22.7. The van der Waals surface area contributed by atoms with Crippen molar-refractivity contribution < 1.29 is 19.4 Å². The lowest BCUT2D eigenvalue weighted by atomic mass is 9.67. The molecule has 0 bridgehead atoms. The molecule has 0 radical (unpaired) electrons. The lowest BCUT2D eigenvalue weighted by Crippen LogP contribution is -2.65. The largest absolute Gasteiger partial charge is 0.378 e. The third kappa shape index (κ3) is 6.36. The maximum absolute atomic E-state index is 13.2. The van der Waals surface area contributed by atoms with Crippen molar-refractivity contribution >= 4 is 11.6 Å². The van der Waals surface area contributed by atoms with Gasteiger partial charge in [-0.05, 0) is 64.7 Å². The fourth-order valence-electron chi connectivity index (χ4n) is 5.86. The molecule has 1 aliphatic carbocycles. The summed E-state index contributed by atoms with van der Waals surface area (Å²) >= 11 is 0. The van der Waals surface area contributed by atoms with E-state index in [2.05, 4.69) is 27.7 Å². The first-order chi connectivity index (χ1) is 15.3. The fraction of sp³-hybridized carbons (Fsp3) is 0.862. The molecule has 1 fully saturated rings. The minimum Gasteiger partial charge on any atom is -0.378 e. The third-order valence-corrected chi connectivity index (χ3v) is 8.54. The zero-order valence-electron chi connectivity index (χ0n) is 22.7. The molecule has 0 unspecified atom stereocenters. The highest BCUT2D eigenvalue weighted by molar-refractivity contribution is 6.19. The molecule has 0 aromatic carbocycles. The molecule has 2 aliphatic rings. The van der Waals surface area contributed by atoms with Gasteiger partial charge < -0.3 is 9.84 Å². The van der Waals surface area contributed by atoms with Gasteiger partial charge in [-0.15, -0.1) is 0 Å². The lowest BCUT2D eigenvalue weighted by Gasteiger charge is -2.44. The molecule has 1 saturated heterocycles. The quantitative estimate of drug-likeness (QED) is 0.340. The van der Waals surface area contributed by atoms with E-state index < -0.39 is 16.8 Å². The summed E-state index contributed by atoms with van der Waals surface area (Å²) in [4.78, 5) is 25.9. The van der Waals surface area contributed by atoms with Crippen molar-refractivity contribution in [3.63, 3.8) is 0 Å². The van der Waals surface area contributed by atoms with E-state index in [1.165, 1.54) is 45.4 Å². The molecule has 0 saturated carbocycles. The summed E-state index contributed by atoms with van der Waals surface area (Å²) in [6.45, 7) is 16.1. The highest BCUT2D eigenvalue weighted by atomic mass is 16.6. The topological polar surface area (TPSA) is 63.6 Å². The number of carbonyl (C=O) groups excluding carboxylic acids is 2. The van der Waals surface area contributed by atoms with Crippen LogP contribution >= 0.6 is 0 Å². The molecule has 0 amide bonds. The predicted octanol–water partition coefficient (Wildman–Crippen LogP) is 6.97. The van der Waals surface area contributed by atoms with Crippen molar-refractivity contribution in [3.05, 3.63) is 11.1 Å². The molecule has 0 aromatic heterocycles. The molecule has 1 N–H and O–H groups in total. The Labute approximate surface area is 202 Å². The molecule has 5 atom stereocenters. The van der Waals surface area contributed by atoms with Crippen LogP contribution in [-0.2, 0) is 14.3 Å². The Morgan fingerprint density at radius 1 is 0.788 bits per heavy atom. The average Bonchev–Trinajstić information content (AvgIpc) is 3.09. The van der Waals surface area contributed by atoms with Crippen LogP contribution in [0.4, 0.5) is 0 Å². The van der Waals surface area contributed by atoms with E-state index in [9.17, 15) is 14.7 Å². The number of rotatable bonds is 12. The SMILES string of the molecule is CC1=C(C)C(=O)[C@@]2(CC[C@@](C)(CCC[C@H](C)CCC[C@H](C)CCCC(C)C)O2)[C@@](C)(O)C1=O. The first-order valence-electron chi connectivity index (χ1n) is 13.5. The van der Waals surface area contributed by atoms with Gasteiger partial charge in [-0.25, -0.2) is 0 Å². The van der Waals surface area contributed by atoms with Gasteiger partial charge in [-0.1, -0.05) is 79.1 Å². The van der Waals surface area contributed by atoms with Gasteiger partial charge in [0.15, 0.2) is 22.8 Å². The molecule has 190 valence electrons. The van der Waals surface area contributed by atoms with Crippen molar-refractivity contribution in [2.45, 2.75) is 143 Å². The van der Waals surface area contributed by atoms with Crippen LogP contribution in [0.5, 0.6) is 0 Å². The monoisotopic (exact) mass is 462 g/mol. The number of ether oxygens (including phenoxy) is 1. The molecule has 4 nitrogen and oxygen atoms in total. The Morgan fingerprint density at radius 2 is 1.27 bits per heavy atom. The molecule has 1 aliphatic heterocycles. The standard InChI is InChI=1S/C29H50O4/c1-20(2)12-9-13-21(3)14-10-15-22(4)16-11-17-27(7)18-19-29(33-27)26(31)24(6)23(5)25(30)28(29,8)32/h20-22,32H,9-19H2,1-8H3/t21-,22-,27-,28+,29+/m1/s1. The molecule has 2 rings (SSSR count). The summed E-state index contributed by atoms with van der Waals surface area (Å²) in [5.41, 5.74) is -2.92. The molecule has 1 heterocycles. The zero-order chi connectivity index (χ0) is 25.0. The smallest absolute Gasteiger partial charge is 0.194 e. The van der Waals surface area contributed by atoms with Gasteiger partial charge in [0.05, 0.1) is 5.60 Å². The second-order valence-corrected chi connectivity index (χ2v) is 12.2. The predicted molar refractivity (Wildman–Crippen MR) is 135 cm³/mol. The molecule has 4 heteroatoms. The van der Waals surface area contributed by atoms with Crippen LogP contribution in [-0.4, -0.2) is 33.5 Å². The second-order valence-electron chi connectivity index (χ2n) is 12.2. The van der Waals surface area contributed by atoms with Crippen LogP contribution < -0.4 is 0 Å². The van der Waals surface area contributed by atoms with E-state index in [-0.39, 0.29) is 11.6 Å². The van der Waals surface area contributed by atoms with Gasteiger partial charge >= 0.3 is 0 Å². The van der Waals surface area contributed by atoms with Crippen molar-refractivity contribution in [1.82, 2.24) is 0 Å². The molecule has 0 aromatic rings. The number of aliphatic hydroxyl groups is 1. The van der Waals surface area contributed by atoms with Gasteiger partial charge in [-0.2, -0.15) is 0 Å². The van der Waals surface area contributed by atoms with Gasteiger partial charge in [0.25, 0.3) is 0 Å². The Morgan fingerprint density at radius 3 is 1.82 bits per heavy atom. The van der Waals surface area contributed by atoms with E-state index >= 15 is 0 Å². The normalized spacial score (nSPS) is 32.3. The van der Waals surface area contributed by atoms with E-state index in [0.717, 1.165) is 31.1 Å². The number of ketones is 2. The van der Waals surface area contributed by atoms with Crippen molar-refractivity contribution in [2.24, 2.45) is 17.8 Å². The number of Topliss-reactive ketones (excluding diaryl/α,β-unsaturated/α-hetero) is 2. The number of hydrogen-bond acceptors (Lipinski definition) is 4. The van der Waals surface area contributed by atoms with Crippen molar-refractivity contribution in [2.75, 3.05) is 0 Å². The van der Waals surface area contributed by atoms with Crippen LogP contribution in [0.2, 0.25) is 0 Å². The van der Waals surface area contributed by atoms with Crippen LogP contribution in [0, 0.1) is 17.8 Å². The van der Waals surface area contributed by atoms with Crippen LogP contribution in [0.1, 0.15) is 126 Å². The number of hydrogen-bond donors (Lipinski definition) is 1. The fourth-order valence-corrected chi connectivity index (χ4v) is 5.86. The Kier molecular flexibility index (Phi) is 9.55. The first kappa shape index (κ1) is 28.2. The van der Waals surface area contributed by atoms with Gasteiger partial charge in [-0.3, -0.25) is 9.59 Å². The summed E-state index contributed by atoms with van der Waals surface area (Å²) in [6.07, 6.45) is 12.1. The first-order valence-corrected chi connectivity index (χ1v) is 13.5. The van der Waals surface area contributed by atoms with Gasteiger partial charge in [0.1, 0.15) is 0 Å². The highest BCUT2D eigenvalue weighted by Gasteiger charge is 2.66. The lowest BCUT2D eigenvalue weighted by molar-refractivity contribution is -0.199. The highest BCUT2D eigenvalue weighted by Crippen LogP contribution is 2.50. The summed E-state index contributed by atoms with van der Waals surface area (Å²) < 4.78 is 6.39. The average molecular weight is 463 g/mol. The molecular formula is C29H50O4. The van der Waals surface area contributed by atoms with Crippen LogP contribution in [0.15, 0.2) is 11.1 Å². The third-order valence-electron chi connectivity index (χ3n) is 8.54. The van der Waals surface area contributed by atoms with E-state index in [1.807, 2.05) is 6.92 Å². The molecular weight excluding hydrogens is 412 g/mol. The summed E-state index contributed by atoms with van der Waals surface area (Å²) in [5.74, 6) is 1.72. The minimum absolute atomic E-state index is 0.218. The Bertz CT molecular complexity index is 734. The van der Waals surface area contributed by atoms with E-state index in [0.29, 0.717) is 29.9 Å². The molecule has 33 heavy (non-hydrogen) atoms. The summed E-state index contributed by atoms with van der Waals surface area (Å²) in [5, 5.41) is 11.1. The van der Waals surface area contributed by atoms with E-state index in [1.54, 1.807) is 13.8 Å². The summed E-state index contributed by atoms with van der Waals surface area (Å²) in [7, 11) is 0. The maximum atomic E-state index is 13.2. The van der Waals surface area contributed by atoms with Crippen molar-refractivity contribution in [1.29, 1.82) is 0 Å². The van der Waals surface area contributed by atoms with Crippen LogP contribution in [0.3, 0.4) is 0 Å². The number of carbonyl (C=O) groups is 2. The van der Waals surface area contributed by atoms with Gasteiger partial charge in [0.2, 0.25) is 0 Å². The molecule has 1 spiro atoms. The maximum Gasteiger partial charge on any atom is 0.194 e. The Balaban J connectivity index is 1.80. The van der Waals surface area contributed by atoms with E-state index in [4.69, 9.17) is 4.74 Å². The van der Waals surface area contributed by atoms with Crippen LogP contribution in [0.25, 0.3) is 0 Å². The van der Waals surface area contributed by atoms with Gasteiger partial charge in [0, 0.05) is 11.1 Å². The Hall–Kier alpha value is -1.00. The van der Waals surface area contributed by atoms with Crippen molar-refractivity contribution in [3.8, 4) is 0 Å². The minimum atomic E-state index is -1.80.